The summed E-state index contributed by atoms with van der Waals surface area (Å²) in [4.78, 5) is 22.8. The van der Waals surface area contributed by atoms with Gasteiger partial charge in [0.25, 0.3) is 0 Å². The van der Waals surface area contributed by atoms with Crippen molar-refractivity contribution in [2.24, 2.45) is 0 Å². The lowest BCUT2D eigenvalue weighted by atomic mass is 10.1. The fourth-order valence-electron chi connectivity index (χ4n) is 1.63. The second kappa shape index (κ2) is 4.41. The molecule has 0 aliphatic heterocycles. The molecule has 0 radical (unpaired) electrons. The van der Waals surface area contributed by atoms with Crippen molar-refractivity contribution in [2.75, 3.05) is 6.61 Å². The largest absolute Gasteiger partial charge is 0.490 e. The van der Waals surface area contributed by atoms with Crippen LogP contribution in [0.25, 0.3) is 11.0 Å². The van der Waals surface area contributed by atoms with E-state index in [0.717, 1.165) is 0 Å². The summed E-state index contributed by atoms with van der Waals surface area (Å²) < 4.78 is 10.5. The molecule has 0 fully saturated rings. The van der Waals surface area contributed by atoms with Crippen molar-refractivity contribution in [1.29, 1.82) is 0 Å². The van der Waals surface area contributed by atoms with E-state index in [0.29, 0.717) is 23.3 Å². The van der Waals surface area contributed by atoms with Gasteiger partial charge in [-0.2, -0.15) is 0 Å². The van der Waals surface area contributed by atoms with Crippen LogP contribution in [0.3, 0.4) is 0 Å². The standard InChI is InChI=1S/C13H12O4/c1-3-16-11-6-4-5-9-7-10(8(2)14)13(15)17-12(9)11/h4-7H,3H2,1-2H3. The monoisotopic (exact) mass is 232 g/mol. The Morgan fingerprint density at radius 1 is 1.41 bits per heavy atom. The highest BCUT2D eigenvalue weighted by Gasteiger charge is 2.11. The maximum Gasteiger partial charge on any atom is 0.347 e. The molecule has 0 saturated heterocycles. The molecule has 1 heterocycles. The molecule has 1 aromatic heterocycles. The Morgan fingerprint density at radius 2 is 2.18 bits per heavy atom. The topological polar surface area (TPSA) is 56.5 Å². The number of ether oxygens (including phenoxy) is 1. The first-order valence-corrected chi connectivity index (χ1v) is 5.34. The highest BCUT2D eigenvalue weighted by atomic mass is 16.5. The van der Waals surface area contributed by atoms with E-state index >= 15 is 0 Å². The molecular formula is C13H12O4. The lowest BCUT2D eigenvalue weighted by Gasteiger charge is -2.06. The first-order valence-electron chi connectivity index (χ1n) is 5.34. The third-order valence-electron chi connectivity index (χ3n) is 2.40. The molecule has 4 nitrogen and oxygen atoms in total. The van der Waals surface area contributed by atoms with Gasteiger partial charge >= 0.3 is 5.63 Å². The average Bonchev–Trinajstić information content (AvgIpc) is 2.29. The van der Waals surface area contributed by atoms with Gasteiger partial charge in [0.1, 0.15) is 5.56 Å². The van der Waals surface area contributed by atoms with E-state index in [1.165, 1.54) is 13.0 Å². The first-order chi connectivity index (χ1) is 8.13. The smallest absolute Gasteiger partial charge is 0.347 e. The van der Waals surface area contributed by atoms with Gasteiger partial charge in [0.05, 0.1) is 6.61 Å². The molecule has 0 bridgehead atoms. The third-order valence-corrected chi connectivity index (χ3v) is 2.40. The Labute approximate surface area is 97.8 Å². The summed E-state index contributed by atoms with van der Waals surface area (Å²) in [5, 5.41) is 0.681. The van der Waals surface area contributed by atoms with Crippen molar-refractivity contribution in [2.45, 2.75) is 13.8 Å². The number of hydrogen-bond donors (Lipinski definition) is 0. The summed E-state index contributed by atoms with van der Waals surface area (Å²) in [6.45, 7) is 3.67. The van der Waals surface area contributed by atoms with Crippen LogP contribution in [0, 0.1) is 0 Å². The molecule has 0 amide bonds. The molecule has 1 aromatic carbocycles. The van der Waals surface area contributed by atoms with Crippen LogP contribution in [0.4, 0.5) is 0 Å². The predicted molar refractivity (Wildman–Crippen MR) is 63.7 cm³/mol. The molecule has 17 heavy (non-hydrogen) atoms. The molecule has 88 valence electrons. The van der Waals surface area contributed by atoms with Gasteiger partial charge in [-0.3, -0.25) is 4.79 Å². The summed E-state index contributed by atoms with van der Waals surface area (Å²) in [5.74, 6) is 0.208. The van der Waals surface area contributed by atoms with Crippen LogP contribution < -0.4 is 10.4 Å². The minimum Gasteiger partial charge on any atom is -0.490 e. The van der Waals surface area contributed by atoms with Crippen LogP contribution in [0.1, 0.15) is 24.2 Å². The Morgan fingerprint density at radius 3 is 2.82 bits per heavy atom. The number of Topliss-reactive ketones (excluding diaryl/α,β-unsaturated/α-hetero) is 1. The molecular weight excluding hydrogens is 220 g/mol. The zero-order valence-electron chi connectivity index (χ0n) is 9.65. The number of ketones is 1. The number of carbonyl (C=O) groups is 1. The van der Waals surface area contributed by atoms with Crippen LogP contribution in [-0.2, 0) is 0 Å². The van der Waals surface area contributed by atoms with E-state index in [2.05, 4.69) is 0 Å². The van der Waals surface area contributed by atoms with Gasteiger partial charge in [-0.05, 0) is 26.0 Å². The fraction of sp³-hybridized carbons (Fsp3) is 0.231. The molecule has 2 aromatic rings. The van der Waals surface area contributed by atoms with Crippen molar-refractivity contribution in [3.05, 3.63) is 40.2 Å². The van der Waals surface area contributed by atoms with Crippen molar-refractivity contribution in [3.8, 4) is 5.75 Å². The number of benzene rings is 1. The summed E-state index contributed by atoms with van der Waals surface area (Å²) in [7, 11) is 0. The summed E-state index contributed by atoms with van der Waals surface area (Å²) >= 11 is 0. The minimum atomic E-state index is -0.628. The molecule has 2 rings (SSSR count). The van der Waals surface area contributed by atoms with E-state index in [1.807, 2.05) is 6.92 Å². The van der Waals surface area contributed by atoms with Crippen molar-refractivity contribution in [3.63, 3.8) is 0 Å². The Balaban J connectivity index is 2.73. The normalized spacial score (nSPS) is 10.5. The summed E-state index contributed by atoms with van der Waals surface area (Å²) in [6, 6.07) is 6.82. The average molecular weight is 232 g/mol. The second-order valence-corrected chi connectivity index (χ2v) is 3.61. The molecule has 0 saturated carbocycles. The molecule has 0 aliphatic carbocycles. The predicted octanol–water partition coefficient (Wildman–Crippen LogP) is 2.39. The van der Waals surface area contributed by atoms with Crippen molar-refractivity contribution < 1.29 is 13.9 Å². The second-order valence-electron chi connectivity index (χ2n) is 3.61. The van der Waals surface area contributed by atoms with Gasteiger partial charge in [0.2, 0.25) is 0 Å². The maximum absolute atomic E-state index is 11.6. The van der Waals surface area contributed by atoms with Crippen LogP contribution in [0.5, 0.6) is 5.75 Å². The minimum absolute atomic E-state index is 0.0612. The number of hydrogen-bond acceptors (Lipinski definition) is 4. The van der Waals surface area contributed by atoms with Gasteiger partial charge in [0, 0.05) is 5.39 Å². The van der Waals surface area contributed by atoms with Gasteiger partial charge in [-0.25, -0.2) is 4.79 Å². The van der Waals surface area contributed by atoms with Crippen LogP contribution in [-0.4, -0.2) is 12.4 Å². The lowest BCUT2D eigenvalue weighted by Crippen LogP contribution is -2.11. The number of fused-ring (bicyclic) bond motifs is 1. The molecule has 0 N–H and O–H groups in total. The lowest BCUT2D eigenvalue weighted by molar-refractivity contribution is 0.101. The van der Waals surface area contributed by atoms with E-state index in [9.17, 15) is 9.59 Å². The molecule has 0 spiro atoms. The molecule has 4 heteroatoms. The van der Waals surface area contributed by atoms with E-state index in [4.69, 9.17) is 9.15 Å². The zero-order chi connectivity index (χ0) is 12.4. The van der Waals surface area contributed by atoms with Gasteiger partial charge in [-0.1, -0.05) is 12.1 Å². The SMILES string of the molecule is CCOc1cccc2cc(C(C)=O)c(=O)oc12. The van der Waals surface area contributed by atoms with E-state index in [1.54, 1.807) is 18.2 Å². The number of rotatable bonds is 3. The van der Waals surface area contributed by atoms with E-state index < -0.39 is 5.63 Å². The van der Waals surface area contributed by atoms with Crippen molar-refractivity contribution >= 4 is 16.8 Å². The molecule has 0 atom stereocenters. The third kappa shape index (κ3) is 2.06. The van der Waals surface area contributed by atoms with Crippen LogP contribution in [0.15, 0.2) is 33.5 Å². The van der Waals surface area contributed by atoms with E-state index in [-0.39, 0.29) is 11.3 Å². The Hall–Kier alpha value is -2.10. The van der Waals surface area contributed by atoms with Gasteiger partial charge in [-0.15, -0.1) is 0 Å². The quantitative estimate of drug-likeness (QED) is 0.602. The van der Waals surface area contributed by atoms with Gasteiger partial charge < -0.3 is 9.15 Å². The van der Waals surface area contributed by atoms with Gasteiger partial charge in [0.15, 0.2) is 17.1 Å². The van der Waals surface area contributed by atoms with Crippen LogP contribution >= 0.6 is 0 Å². The maximum atomic E-state index is 11.6. The Kier molecular flexibility index (Phi) is 2.95. The van der Waals surface area contributed by atoms with Crippen LogP contribution in [0.2, 0.25) is 0 Å². The highest BCUT2D eigenvalue weighted by Crippen LogP contribution is 2.24. The van der Waals surface area contributed by atoms with Crippen molar-refractivity contribution in [1.82, 2.24) is 0 Å². The summed E-state index contributed by atoms with van der Waals surface area (Å²) in [6.07, 6.45) is 0. The fourth-order valence-corrected chi connectivity index (χ4v) is 1.63. The molecule has 0 unspecified atom stereocenters. The number of carbonyl (C=O) groups excluding carboxylic acids is 1. The molecule has 0 aliphatic rings. The number of para-hydroxylation sites is 1. The highest BCUT2D eigenvalue weighted by molar-refractivity contribution is 5.97. The zero-order valence-corrected chi connectivity index (χ0v) is 9.65. The summed E-state index contributed by atoms with van der Waals surface area (Å²) in [5.41, 5.74) is -0.187. The first kappa shape index (κ1) is 11.4. The Bertz CT molecular complexity index is 625.